The molecule has 0 atom stereocenters. The molecule has 0 bridgehead atoms. The fourth-order valence-corrected chi connectivity index (χ4v) is 13.1. The van der Waals surface area contributed by atoms with Gasteiger partial charge >= 0.3 is 18.2 Å². The number of piperidine rings is 4. The van der Waals surface area contributed by atoms with Gasteiger partial charge in [-0.2, -0.15) is 10.5 Å². The van der Waals surface area contributed by atoms with Crippen LogP contribution in [0.4, 0.5) is 15.3 Å². The summed E-state index contributed by atoms with van der Waals surface area (Å²) < 4.78 is 11.6. The number of aliphatic carboxylic acids is 1. The van der Waals surface area contributed by atoms with Gasteiger partial charge in [-0.1, -0.05) is 71.3 Å². The van der Waals surface area contributed by atoms with Crippen LogP contribution in [0.1, 0.15) is 198 Å². The van der Waals surface area contributed by atoms with E-state index in [1.807, 2.05) is 78.5 Å². The van der Waals surface area contributed by atoms with Crippen molar-refractivity contribution in [2.24, 2.45) is 29.4 Å². The highest BCUT2D eigenvalue weighted by Gasteiger charge is 2.29. The monoisotopic (exact) mass is 1620 g/mol. The molecule has 107 heavy (non-hydrogen) atoms. The number of amides is 2. The van der Waals surface area contributed by atoms with Crippen LogP contribution in [-0.2, 0) is 28.7 Å². The second-order valence-corrected chi connectivity index (χ2v) is 30.0. The number of carboxylic acid groups (broad SMARTS) is 1. The van der Waals surface area contributed by atoms with E-state index in [-0.39, 0.29) is 56.0 Å². The van der Waals surface area contributed by atoms with Gasteiger partial charge in [0.2, 0.25) is 0 Å². The number of ketones is 3. The summed E-state index contributed by atoms with van der Waals surface area (Å²) in [5.74, 6) is 2.88. The number of ether oxygens (including phenoxy) is 2. The Morgan fingerprint density at radius 3 is 1.21 bits per heavy atom. The first-order valence-corrected chi connectivity index (χ1v) is 39.1. The Morgan fingerprint density at radius 2 is 0.860 bits per heavy atom. The molecule has 2 aromatic heterocycles. The number of carbonyl (C=O) groups is 6. The molecule has 0 spiro atoms. The zero-order valence-electron chi connectivity index (χ0n) is 66.9. The lowest BCUT2D eigenvalue weighted by Crippen LogP contribution is -2.42. The number of Topliss-reactive ketones (excluding diaryl/α,β-unsaturated/α-hetero) is 3. The minimum Gasteiger partial charge on any atom is -0.480 e. The van der Waals surface area contributed by atoms with Gasteiger partial charge in [0.25, 0.3) is 0 Å². The molecule has 604 valence electrons. The van der Waals surface area contributed by atoms with Crippen LogP contribution in [0.25, 0.3) is 21.8 Å². The maximum Gasteiger partial charge on any atom is 0.410 e. The molecule has 8 rings (SSSR count). The van der Waals surface area contributed by atoms with Gasteiger partial charge in [0, 0.05) is 91.9 Å². The summed E-state index contributed by atoms with van der Waals surface area (Å²) >= 11 is 3.37. The van der Waals surface area contributed by atoms with Gasteiger partial charge in [-0.25, -0.2) is 29.5 Å². The Balaban J connectivity index is 0.00000130. The lowest BCUT2D eigenvalue weighted by atomic mass is 9.90. The molecule has 4 aliphatic rings. The molecule has 0 aliphatic carbocycles. The Labute approximate surface area is 667 Å². The maximum atomic E-state index is 12.2. The zero-order chi connectivity index (χ0) is 77.2. The number of likely N-dealkylation sites (N-methyl/N-ethyl adjacent to an activating group) is 4. The fraction of sp³-hybridized carbons (Fsp3) is 0.696. The smallest absolute Gasteiger partial charge is 0.410 e. The predicted molar refractivity (Wildman–Crippen MR) is 440 cm³/mol. The number of halogens is 4. The van der Waals surface area contributed by atoms with Crippen LogP contribution in [0, 0.1) is 46.3 Å². The molecule has 0 unspecified atom stereocenters. The molecule has 4 fully saturated rings. The van der Waals surface area contributed by atoms with E-state index in [4.69, 9.17) is 25.6 Å². The van der Waals surface area contributed by atoms with Crippen molar-refractivity contribution in [1.29, 1.82) is 10.5 Å². The van der Waals surface area contributed by atoms with Gasteiger partial charge in [-0.15, -0.1) is 37.2 Å². The third-order valence-electron chi connectivity index (χ3n) is 19.4. The number of anilines is 1. The average Bonchev–Trinajstić information content (AvgIpc) is 0.795. The minimum absolute atomic E-state index is 0. The highest BCUT2D eigenvalue weighted by Crippen LogP contribution is 2.33. The summed E-state index contributed by atoms with van der Waals surface area (Å²) in [5, 5.41) is 31.6. The van der Waals surface area contributed by atoms with E-state index in [1.54, 1.807) is 28.3 Å². The number of hydrogen-bond donors (Lipinski definition) is 3. The standard InChI is InChI=1S/C22H29N5O.C18H34N2O3.C13H26N2O.C11H22N2O2.C9H4BrN3.C6H13NO2.3ClH/c1-3-26(4-2)15-19(28)7-5-17-9-11-27(12-10-17)21-8-6-18(13-23)22-20(21)14-24-16-25-22;1-6-19(7-2)14-16(21)9-8-15-10-12-20(13-11-15)17(22)23-18(3,4)5;1-3-15(4-2)11-13(16)6-5-12-7-9-14-10-8-12;1-11(2,3)15-10(14)13-6-4-9(8-12)5-7-13;10-8-2-1-6(3-11)9-7(8)4-12-5-13-9;1-3-7(4-2)5-6(8)9;;;/h6,8,14,16-17H,3-5,7,9-12,15H2,1-2H3;15H,6-14H2,1-5H3;12,14H,3-11H2,1-2H3;9H,4-8,12H2,1-3H3;1-2,4-5H;3-5H2,1-2H3,(H,8,9);3*1H. The number of benzene rings is 2. The molecule has 4 aliphatic heterocycles. The van der Waals surface area contributed by atoms with Gasteiger partial charge < -0.3 is 40.3 Å². The fourth-order valence-electron chi connectivity index (χ4n) is 12.7. The molecular formula is C79H131BrCl3N15O9. The Hall–Kier alpha value is -5.97. The number of aromatic nitrogens is 4. The van der Waals surface area contributed by atoms with Crippen molar-refractivity contribution in [3.05, 3.63) is 64.9 Å². The molecule has 24 nitrogen and oxygen atoms in total. The third-order valence-corrected chi connectivity index (χ3v) is 20.1. The van der Waals surface area contributed by atoms with E-state index in [2.05, 4.69) is 114 Å². The predicted octanol–water partition coefficient (Wildman–Crippen LogP) is 13.9. The molecule has 28 heteroatoms. The van der Waals surface area contributed by atoms with E-state index in [1.165, 1.54) is 25.5 Å². The first kappa shape index (κ1) is 101. The summed E-state index contributed by atoms with van der Waals surface area (Å²) in [6.07, 6.45) is 19.8. The summed E-state index contributed by atoms with van der Waals surface area (Å²) in [6.45, 7) is 45.0. The lowest BCUT2D eigenvalue weighted by molar-refractivity contribution is -0.138. The Kier molecular flexibility index (Phi) is 52.3. The number of nitrogens with two attached hydrogens (primary N) is 1. The quantitative estimate of drug-likeness (QED) is 0.0499. The number of rotatable bonds is 27. The van der Waals surface area contributed by atoms with Crippen molar-refractivity contribution >= 4 is 116 Å². The summed E-state index contributed by atoms with van der Waals surface area (Å²) in [7, 11) is 0. The van der Waals surface area contributed by atoms with E-state index in [9.17, 15) is 34.0 Å². The first-order valence-electron chi connectivity index (χ1n) is 38.3. The zero-order valence-corrected chi connectivity index (χ0v) is 70.9. The molecule has 2 amide bonds. The SMILES string of the molecule is CC(C)(C)OC(=O)N1CCC(CN)CC1.CCN(CC)CC(=O)CCC1CCN(C(=O)OC(C)(C)C)CC1.CCN(CC)CC(=O)CCC1CCN(c2ccc(C#N)c3ncncc23)CC1.CCN(CC)CC(=O)CCC1CCNCC1.CCN(CC)CC(=O)O.Cl.Cl.Cl.N#Cc1ccc(Br)c2cncnc12. The number of nitrogens with zero attached hydrogens (tertiary/aromatic N) is 13. The number of likely N-dealkylation sites (tertiary alicyclic amines) is 2. The van der Waals surface area contributed by atoms with Crippen LogP contribution in [-0.4, -0.2) is 239 Å². The van der Waals surface area contributed by atoms with E-state index >= 15 is 0 Å². The molecule has 4 saturated heterocycles. The molecule has 0 saturated carbocycles. The lowest BCUT2D eigenvalue weighted by Gasteiger charge is -2.34. The summed E-state index contributed by atoms with van der Waals surface area (Å²) in [6, 6.07) is 11.7. The van der Waals surface area contributed by atoms with Gasteiger partial charge in [0.05, 0.1) is 48.3 Å². The topological polar surface area (TPSA) is 301 Å². The van der Waals surface area contributed by atoms with Crippen molar-refractivity contribution in [2.75, 3.05) is 142 Å². The van der Waals surface area contributed by atoms with Crippen LogP contribution >= 0.6 is 53.2 Å². The summed E-state index contributed by atoms with van der Waals surface area (Å²) in [5.41, 5.74) is 8.42. The van der Waals surface area contributed by atoms with Crippen LogP contribution < -0.4 is 16.0 Å². The van der Waals surface area contributed by atoms with Crippen molar-refractivity contribution in [3.8, 4) is 12.1 Å². The normalized spacial score (nSPS) is 15.0. The van der Waals surface area contributed by atoms with Crippen LogP contribution in [0.15, 0.2) is 53.8 Å². The molecule has 6 heterocycles. The number of carboxylic acids is 1. The van der Waals surface area contributed by atoms with Crippen molar-refractivity contribution < 1.29 is 43.3 Å². The second kappa shape index (κ2) is 55.4. The van der Waals surface area contributed by atoms with Crippen molar-refractivity contribution in [2.45, 2.75) is 198 Å². The van der Waals surface area contributed by atoms with E-state index < -0.39 is 17.2 Å². The van der Waals surface area contributed by atoms with Crippen LogP contribution in [0.5, 0.6) is 0 Å². The highest BCUT2D eigenvalue weighted by atomic mass is 79.9. The Bertz CT molecular complexity index is 3270. The van der Waals surface area contributed by atoms with Gasteiger partial charge in [0.1, 0.15) is 53.3 Å². The van der Waals surface area contributed by atoms with Gasteiger partial charge in [-0.3, -0.25) is 38.8 Å². The van der Waals surface area contributed by atoms with Gasteiger partial charge in [0.15, 0.2) is 0 Å². The molecule has 4 aromatic rings. The van der Waals surface area contributed by atoms with E-state index in [0.29, 0.717) is 84.2 Å². The molecule has 0 radical (unpaired) electrons. The van der Waals surface area contributed by atoms with Crippen molar-refractivity contribution in [1.82, 2.24) is 54.7 Å². The number of carbonyl (C=O) groups excluding carboxylic acids is 5. The van der Waals surface area contributed by atoms with E-state index in [0.717, 1.165) is 208 Å². The molecule has 2 aromatic carbocycles. The highest BCUT2D eigenvalue weighted by molar-refractivity contribution is 9.10. The van der Waals surface area contributed by atoms with Gasteiger partial charge in [-0.05, 0) is 232 Å². The first-order chi connectivity index (χ1) is 49.6. The number of hydrogen-bond acceptors (Lipinski definition) is 21. The van der Waals surface area contributed by atoms with Crippen molar-refractivity contribution in [3.63, 3.8) is 0 Å². The van der Waals surface area contributed by atoms with Crippen LogP contribution in [0.3, 0.4) is 0 Å². The van der Waals surface area contributed by atoms with Crippen LogP contribution in [0.2, 0.25) is 0 Å². The Morgan fingerprint density at radius 1 is 0.523 bits per heavy atom. The minimum atomic E-state index is -0.751. The molecular weight excluding hydrogens is 1490 g/mol. The maximum absolute atomic E-state index is 12.2. The number of nitrogens with one attached hydrogen (secondary N) is 1. The third kappa shape index (κ3) is 40.0. The molecule has 4 N–H and O–H groups in total. The summed E-state index contributed by atoms with van der Waals surface area (Å²) in [4.78, 5) is 101. The largest absolute Gasteiger partial charge is 0.480 e. The number of nitriles is 2. The second-order valence-electron chi connectivity index (χ2n) is 29.2. The number of fused-ring (bicyclic) bond motifs is 2. The average molecular weight is 1620 g/mol.